The second kappa shape index (κ2) is 9.16. The van der Waals surface area contributed by atoms with Crippen molar-refractivity contribution < 1.29 is 19.1 Å². The van der Waals surface area contributed by atoms with Crippen LogP contribution in [-0.2, 0) is 19.1 Å². The lowest BCUT2D eigenvalue weighted by molar-refractivity contribution is -0.121. The highest BCUT2D eigenvalue weighted by Gasteiger charge is 2.33. The fraction of sp³-hybridized carbons (Fsp3) is 0.529. The predicted octanol–water partition coefficient (Wildman–Crippen LogP) is 3.98. The number of allylic oxidation sites excluding steroid dienone is 4. The molecule has 0 fully saturated rings. The average molecular weight is 296 g/mol. The zero-order chi connectivity index (χ0) is 14.6. The monoisotopic (exact) mass is 296 g/mol. The molecule has 0 aromatic carbocycles. The lowest BCUT2D eigenvalue weighted by Crippen LogP contribution is -2.24. The Hall–Kier alpha value is -1.84. The third-order valence-electron chi connectivity index (χ3n) is 3.31. The summed E-state index contributed by atoms with van der Waals surface area (Å²) in [5.41, 5.74) is 2.10. The zero-order valence-corrected chi connectivity index (χ0v) is 12.1. The van der Waals surface area contributed by atoms with Crippen molar-refractivity contribution in [3.05, 3.63) is 34.3 Å². The third-order valence-corrected chi connectivity index (χ3v) is 3.31. The van der Waals surface area contributed by atoms with E-state index in [9.17, 15) is 9.59 Å². The van der Waals surface area contributed by atoms with Gasteiger partial charge in [-0.3, -0.25) is 9.59 Å². The number of carbonyl (C=O) groups is 2. The van der Waals surface area contributed by atoms with Crippen LogP contribution in [0.15, 0.2) is 34.3 Å². The summed E-state index contributed by atoms with van der Waals surface area (Å²) in [6.07, 6.45) is 3.33. The van der Waals surface area contributed by atoms with Crippen LogP contribution in [0, 0.1) is 0 Å². The molecule has 0 N–H and O–H groups in total. The van der Waals surface area contributed by atoms with E-state index in [4.69, 9.17) is 9.47 Å². The number of methoxy groups -OCH3 is 2. The van der Waals surface area contributed by atoms with E-state index in [2.05, 4.69) is 0 Å². The molecule has 4 nitrogen and oxygen atoms in total. The van der Waals surface area contributed by atoms with Gasteiger partial charge in [0.15, 0.2) is 0 Å². The summed E-state index contributed by atoms with van der Waals surface area (Å²) in [4.78, 5) is 24.4. The summed E-state index contributed by atoms with van der Waals surface area (Å²) in [6.45, 7) is 5.69. The van der Waals surface area contributed by atoms with E-state index >= 15 is 0 Å². The first-order valence-corrected chi connectivity index (χ1v) is 6.24. The first kappa shape index (κ1) is 21.5. The van der Waals surface area contributed by atoms with Crippen molar-refractivity contribution in [1.29, 1.82) is 0 Å². The topological polar surface area (TPSA) is 52.6 Å². The molecular formula is C17H28O4. The highest BCUT2D eigenvalue weighted by molar-refractivity contribution is 6.23. The van der Waals surface area contributed by atoms with Crippen LogP contribution in [0.1, 0.15) is 48.5 Å². The molecule has 0 aliphatic heterocycles. The highest BCUT2D eigenvalue weighted by atomic mass is 16.5. The van der Waals surface area contributed by atoms with Crippen molar-refractivity contribution in [2.75, 3.05) is 14.2 Å². The second-order valence-corrected chi connectivity index (χ2v) is 4.44. The Morgan fingerprint density at radius 2 is 1.52 bits per heavy atom. The number of ketones is 2. The van der Waals surface area contributed by atoms with Crippen LogP contribution in [0.25, 0.3) is 0 Å². The Morgan fingerprint density at radius 3 is 1.95 bits per heavy atom. The van der Waals surface area contributed by atoms with Gasteiger partial charge in [-0.1, -0.05) is 33.4 Å². The summed E-state index contributed by atoms with van der Waals surface area (Å²) in [6, 6.07) is 0. The fourth-order valence-electron chi connectivity index (χ4n) is 1.86. The maximum Gasteiger partial charge on any atom is 0.228 e. The summed E-state index contributed by atoms with van der Waals surface area (Å²) < 4.78 is 10.00. The molecule has 120 valence electrons. The minimum Gasteiger partial charge on any atom is -0.489 e. The SMILES string of the molecule is C.C.CCC(C)=CCC1=C(C)C(=O)C(OC)=C(OC)C1=O. The Morgan fingerprint density at radius 1 is 1.05 bits per heavy atom. The number of hydrogen-bond acceptors (Lipinski definition) is 4. The molecular weight excluding hydrogens is 268 g/mol. The molecule has 0 bridgehead atoms. The Labute approximate surface area is 128 Å². The van der Waals surface area contributed by atoms with Crippen LogP contribution < -0.4 is 0 Å². The molecule has 0 aromatic heterocycles. The van der Waals surface area contributed by atoms with Crippen molar-refractivity contribution >= 4 is 11.6 Å². The van der Waals surface area contributed by atoms with Gasteiger partial charge in [-0.15, -0.1) is 0 Å². The van der Waals surface area contributed by atoms with E-state index < -0.39 is 0 Å². The molecule has 4 heteroatoms. The molecule has 0 amide bonds. The number of hydrogen-bond donors (Lipinski definition) is 0. The zero-order valence-electron chi connectivity index (χ0n) is 12.1. The Bertz CT molecular complexity index is 493. The fourth-order valence-corrected chi connectivity index (χ4v) is 1.86. The first-order valence-electron chi connectivity index (χ1n) is 6.24. The molecule has 0 aromatic rings. The molecule has 1 aliphatic rings. The molecule has 0 radical (unpaired) electrons. The van der Waals surface area contributed by atoms with Crippen molar-refractivity contribution in [2.24, 2.45) is 0 Å². The average Bonchev–Trinajstić information content (AvgIpc) is 2.41. The lowest BCUT2D eigenvalue weighted by atomic mass is 9.90. The van der Waals surface area contributed by atoms with Crippen LogP contribution in [0.2, 0.25) is 0 Å². The molecule has 0 saturated carbocycles. The predicted molar refractivity (Wildman–Crippen MR) is 85.9 cm³/mol. The molecule has 1 aliphatic carbocycles. The van der Waals surface area contributed by atoms with Gasteiger partial charge in [0.25, 0.3) is 0 Å². The summed E-state index contributed by atoms with van der Waals surface area (Å²) in [5, 5.41) is 0. The van der Waals surface area contributed by atoms with Crippen LogP contribution in [0.3, 0.4) is 0 Å². The largest absolute Gasteiger partial charge is 0.489 e. The van der Waals surface area contributed by atoms with Gasteiger partial charge in [0, 0.05) is 11.1 Å². The van der Waals surface area contributed by atoms with Crippen LogP contribution >= 0.6 is 0 Å². The van der Waals surface area contributed by atoms with Gasteiger partial charge >= 0.3 is 0 Å². The summed E-state index contributed by atoms with van der Waals surface area (Å²) in [7, 11) is 2.73. The van der Waals surface area contributed by atoms with Gasteiger partial charge in [0.2, 0.25) is 23.1 Å². The molecule has 0 unspecified atom stereocenters. The highest BCUT2D eigenvalue weighted by Crippen LogP contribution is 2.28. The van der Waals surface area contributed by atoms with Crippen LogP contribution in [0.5, 0.6) is 0 Å². The lowest BCUT2D eigenvalue weighted by Gasteiger charge is -2.19. The molecule has 0 saturated heterocycles. The Balaban J connectivity index is 0. The minimum absolute atomic E-state index is 0. The van der Waals surface area contributed by atoms with E-state index in [-0.39, 0.29) is 37.9 Å². The molecule has 0 spiro atoms. The molecule has 0 atom stereocenters. The van der Waals surface area contributed by atoms with Gasteiger partial charge in [0.1, 0.15) is 0 Å². The number of Topliss-reactive ketones (excluding diaryl/α,β-unsaturated/α-hetero) is 2. The molecule has 1 rings (SSSR count). The molecule has 0 heterocycles. The van der Waals surface area contributed by atoms with E-state index in [0.717, 1.165) is 6.42 Å². The smallest absolute Gasteiger partial charge is 0.228 e. The second-order valence-electron chi connectivity index (χ2n) is 4.44. The van der Waals surface area contributed by atoms with Gasteiger partial charge in [0.05, 0.1) is 14.2 Å². The number of ether oxygens (including phenoxy) is 2. The van der Waals surface area contributed by atoms with Crippen molar-refractivity contribution in [3.63, 3.8) is 0 Å². The quantitative estimate of drug-likeness (QED) is 0.569. The van der Waals surface area contributed by atoms with E-state index in [1.807, 2.05) is 19.9 Å². The van der Waals surface area contributed by atoms with Gasteiger partial charge in [-0.05, 0) is 26.7 Å². The van der Waals surface area contributed by atoms with Crippen molar-refractivity contribution in [1.82, 2.24) is 0 Å². The standard InChI is InChI=1S/C15H20O4.2CH4/c1-6-9(2)7-8-11-10(3)12(16)14(18-4)15(19-5)13(11)17;;/h7H,6,8H2,1-5H3;2*1H4. The van der Waals surface area contributed by atoms with E-state index in [1.165, 1.54) is 19.8 Å². The minimum atomic E-state index is -0.281. The first-order chi connectivity index (χ1) is 8.97. The van der Waals surface area contributed by atoms with Crippen LogP contribution in [0.4, 0.5) is 0 Å². The Kier molecular flexibility index (Phi) is 9.36. The van der Waals surface area contributed by atoms with E-state index in [1.54, 1.807) is 6.92 Å². The van der Waals surface area contributed by atoms with Gasteiger partial charge in [-0.25, -0.2) is 0 Å². The molecule has 21 heavy (non-hydrogen) atoms. The normalized spacial score (nSPS) is 15.6. The van der Waals surface area contributed by atoms with Crippen molar-refractivity contribution in [3.8, 4) is 0 Å². The van der Waals surface area contributed by atoms with Gasteiger partial charge in [-0.2, -0.15) is 0 Å². The number of rotatable bonds is 5. The summed E-state index contributed by atoms with van der Waals surface area (Å²) in [5.74, 6) is -0.561. The van der Waals surface area contributed by atoms with Gasteiger partial charge < -0.3 is 9.47 Å². The van der Waals surface area contributed by atoms with Crippen molar-refractivity contribution in [2.45, 2.75) is 48.5 Å². The summed E-state index contributed by atoms with van der Waals surface area (Å²) >= 11 is 0. The maximum atomic E-state index is 12.3. The third kappa shape index (κ3) is 4.31. The maximum absolute atomic E-state index is 12.3. The van der Waals surface area contributed by atoms with Crippen LogP contribution in [-0.4, -0.2) is 25.8 Å². The van der Waals surface area contributed by atoms with E-state index in [0.29, 0.717) is 17.6 Å². The number of carbonyl (C=O) groups excluding carboxylic acids is 2.